The van der Waals surface area contributed by atoms with Crippen LogP contribution in [0, 0.1) is 11.7 Å². The maximum Gasteiger partial charge on any atom is 0.387 e. The predicted octanol–water partition coefficient (Wildman–Crippen LogP) is 4.15. The lowest BCUT2D eigenvalue weighted by Crippen LogP contribution is -2.48. The van der Waals surface area contributed by atoms with E-state index in [-0.39, 0.29) is 30.2 Å². The third kappa shape index (κ3) is 4.23. The smallest absolute Gasteiger partial charge is 0.387 e. The van der Waals surface area contributed by atoms with Crippen LogP contribution in [0.3, 0.4) is 0 Å². The first kappa shape index (κ1) is 24.8. The molecule has 0 bridgehead atoms. The lowest BCUT2D eigenvalue weighted by molar-refractivity contribution is -0.138. The number of benzene rings is 2. The van der Waals surface area contributed by atoms with Crippen LogP contribution in [-0.4, -0.2) is 74.8 Å². The van der Waals surface area contributed by atoms with Crippen LogP contribution in [-0.2, 0) is 4.79 Å². The fourth-order valence-electron chi connectivity index (χ4n) is 6.18. The summed E-state index contributed by atoms with van der Waals surface area (Å²) >= 11 is 0. The van der Waals surface area contributed by atoms with Gasteiger partial charge in [-0.15, -0.1) is 0 Å². The molecule has 40 heavy (non-hydrogen) atoms. The van der Waals surface area contributed by atoms with Crippen LogP contribution in [0.25, 0.3) is 22.2 Å². The largest absolute Gasteiger partial charge is 0.480 e. The number of carboxylic acids is 1. The number of carbonyl (C=O) groups is 1. The molecular weight excluding hydrogens is 525 g/mol. The Morgan fingerprint density at radius 2 is 1.85 bits per heavy atom. The van der Waals surface area contributed by atoms with Gasteiger partial charge in [0, 0.05) is 67.2 Å². The molecule has 3 aliphatic rings. The zero-order valence-electron chi connectivity index (χ0n) is 21.3. The number of rotatable bonds is 7. The van der Waals surface area contributed by atoms with E-state index in [9.17, 15) is 13.6 Å². The molecule has 4 heterocycles. The molecule has 7 rings (SSSR count). The molecule has 0 unspecified atom stereocenters. The van der Waals surface area contributed by atoms with E-state index in [0.717, 1.165) is 12.2 Å². The van der Waals surface area contributed by atoms with Crippen LogP contribution < -0.4 is 9.64 Å². The maximum absolute atomic E-state index is 15.3. The molecular formula is C28H25F3N6O3. The highest BCUT2D eigenvalue weighted by molar-refractivity contribution is 5.84. The second-order valence-corrected chi connectivity index (χ2v) is 10.5. The zero-order chi connectivity index (χ0) is 27.5. The summed E-state index contributed by atoms with van der Waals surface area (Å²) in [6.45, 7) is -0.576. The third-order valence-electron chi connectivity index (χ3n) is 8.08. The van der Waals surface area contributed by atoms with E-state index in [1.54, 1.807) is 42.7 Å². The molecule has 3 atom stereocenters. The Kier molecular flexibility index (Phi) is 5.88. The van der Waals surface area contributed by atoms with E-state index in [4.69, 9.17) is 14.8 Å². The highest BCUT2D eigenvalue weighted by atomic mass is 19.3. The number of fused-ring (bicyclic) bond motifs is 5. The number of ether oxygens (including phenoxy) is 1. The molecule has 2 fully saturated rings. The van der Waals surface area contributed by atoms with Crippen LogP contribution >= 0.6 is 0 Å². The SMILES string of the molecule is O=C(O)CN1CCN(c2ncc(-c3cc4c(cc3F)nc3n4[C@@H](c4ccccc4OC(F)F)[C@@H]4C[C@H]34)cn2)CC1. The monoisotopic (exact) mass is 550 g/mol. The Labute approximate surface area is 226 Å². The second-order valence-electron chi connectivity index (χ2n) is 10.5. The van der Waals surface area contributed by atoms with Gasteiger partial charge >= 0.3 is 12.6 Å². The average Bonchev–Trinajstić information content (AvgIpc) is 3.54. The van der Waals surface area contributed by atoms with Gasteiger partial charge in [0.1, 0.15) is 17.4 Å². The van der Waals surface area contributed by atoms with Gasteiger partial charge in [0.05, 0.1) is 23.6 Å². The summed E-state index contributed by atoms with van der Waals surface area (Å²) in [7, 11) is 0. The van der Waals surface area contributed by atoms with Crippen LogP contribution in [0.1, 0.15) is 29.8 Å². The number of hydrogen-bond donors (Lipinski definition) is 1. The molecule has 1 N–H and O–H groups in total. The van der Waals surface area contributed by atoms with Gasteiger partial charge in [0.2, 0.25) is 5.95 Å². The van der Waals surface area contributed by atoms with Gasteiger partial charge in [-0.25, -0.2) is 19.3 Å². The first-order valence-electron chi connectivity index (χ1n) is 13.1. The Bertz CT molecular complexity index is 1600. The molecule has 9 nitrogen and oxygen atoms in total. The average molecular weight is 551 g/mol. The van der Waals surface area contributed by atoms with Crippen molar-refractivity contribution in [3.63, 3.8) is 0 Å². The number of aromatic nitrogens is 4. The molecule has 2 aromatic carbocycles. The summed E-state index contributed by atoms with van der Waals surface area (Å²) in [5.41, 5.74) is 2.72. The number of carboxylic acid groups (broad SMARTS) is 1. The van der Waals surface area contributed by atoms with E-state index in [2.05, 4.69) is 9.97 Å². The van der Waals surface area contributed by atoms with Crippen molar-refractivity contribution in [3.8, 4) is 16.9 Å². The van der Waals surface area contributed by atoms with Gasteiger partial charge < -0.3 is 19.3 Å². The molecule has 0 radical (unpaired) electrons. The summed E-state index contributed by atoms with van der Waals surface area (Å²) in [5, 5.41) is 9.00. The van der Waals surface area contributed by atoms with Crippen molar-refractivity contribution in [1.29, 1.82) is 0 Å². The van der Waals surface area contributed by atoms with Crippen LogP contribution in [0.5, 0.6) is 5.75 Å². The van der Waals surface area contributed by atoms with E-state index < -0.39 is 18.4 Å². The van der Waals surface area contributed by atoms with Gasteiger partial charge in [-0.2, -0.15) is 8.78 Å². The van der Waals surface area contributed by atoms with Gasteiger partial charge in [-0.05, 0) is 24.5 Å². The predicted molar refractivity (Wildman–Crippen MR) is 139 cm³/mol. The fraction of sp³-hybridized carbons (Fsp3) is 0.357. The second kappa shape index (κ2) is 9.47. The van der Waals surface area contributed by atoms with Crippen molar-refractivity contribution in [2.75, 3.05) is 37.6 Å². The molecule has 0 spiro atoms. The van der Waals surface area contributed by atoms with E-state index in [1.807, 2.05) is 14.4 Å². The Morgan fingerprint density at radius 3 is 2.58 bits per heavy atom. The van der Waals surface area contributed by atoms with Gasteiger partial charge in [0.15, 0.2) is 0 Å². The van der Waals surface area contributed by atoms with Crippen LogP contribution in [0.4, 0.5) is 19.1 Å². The van der Waals surface area contributed by atoms with E-state index >= 15 is 4.39 Å². The standard InChI is InChI=1S/C28H25F3N6O3/c29-20-11-21-22(10-17(20)15-12-32-28(33-13-15)36-7-5-35(6-8-36)14-24(38)39)37-25(18-9-19(18)26(37)34-21)16-3-1-2-4-23(16)40-27(30)31/h1-4,10-13,18-19,25,27H,5-9,14H2,(H,38,39)/t18-,19+,25+/m1/s1. The lowest BCUT2D eigenvalue weighted by atomic mass is 10.0. The number of alkyl halides is 2. The summed E-state index contributed by atoms with van der Waals surface area (Å²) in [6, 6.07) is 9.72. The minimum absolute atomic E-state index is 0.000859. The molecule has 1 saturated carbocycles. The normalized spacial score (nSPS) is 22.0. The quantitative estimate of drug-likeness (QED) is 0.367. The topological polar surface area (TPSA) is 96.6 Å². The zero-order valence-corrected chi connectivity index (χ0v) is 21.3. The molecule has 12 heteroatoms. The van der Waals surface area contributed by atoms with E-state index in [0.29, 0.717) is 59.9 Å². The Balaban J connectivity index is 1.20. The molecule has 4 aromatic rings. The number of piperazine rings is 1. The highest BCUT2D eigenvalue weighted by Crippen LogP contribution is 2.63. The van der Waals surface area contributed by atoms with Gasteiger partial charge in [0.25, 0.3) is 0 Å². The molecule has 206 valence electrons. The van der Waals surface area contributed by atoms with Crippen molar-refractivity contribution in [1.82, 2.24) is 24.4 Å². The van der Waals surface area contributed by atoms with Crippen molar-refractivity contribution >= 4 is 23.0 Å². The summed E-state index contributed by atoms with van der Waals surface area (Å²) in [6.07, 6.45) is 4.06. The molecule has 0 amide bonds. The minimum Gasteiger partial charge on any atom is -0.480 e. The number of imidazole rings is 1. The van der Waals surface area contributed by atoms with Crippen LogP contribution in [0.2, 0.25) is 0 Å². The molecule has 2 aromatic heterocycles. The van der Waals surface area contributed by atoms with Crippen LogP contribution in [0.15, 0.2) is 48.8 Å². The van der Waals surface area contributed by atoms with Crippen molar-refractivity contribution in [3.05, 3.63) is 66.0 Å². The summed E-state index contributed by atoms with van der Waals surface area (Å²) < 4.78 is 48.5. The Hall–Kier alpha value is -4.19. The highest BCUT2D eigenvalue weighted by Gasteiger charge is 2.55. The molecule has 1 saturated heterocycles. The molecule has 2 aliphatic heterocycles. The number of aliphatic carboxylic acids is 1. The number of hydrogen-bond acceptors (Lipinski definition) is 7. The lowest BCUT2D eigenvalue weighted by Gasteiger charge is -2.33. The molecule has 1 aliphatic carbocycles. The Morgan fingerprint density at radius 1 is 1.10 bits per heavy atom. The summed E-state index contributed by atoms with van der Waals surface area (Å²) in [5.74, 6) is 0.587. The van der Waals surface area contributed by atoms with Crippen molar-refractivity contribution < 1.29 is 27.8 Å². The minimum atomic E-state index is -2.94. The number of nitrogens with zero attached hydrogens (tertiary/aromatic N) is 6. The van der Waals surface area contributed by atoms with Crippen molar-refractivity contribution in [2.45, 2.75) is 25.0 Å². The van der Waals surface area contributed by atoms with E-state index in [1.165, 1.54) is 6.07 Å². The number of para-hydroxylation sites is 1. The number of anilines is 1. The first-order chi connectivity index (χ1) is 19.4. The van der Waals surface area contributed by atoms with Gasteiger partial charge in [-0.3, -0.25) is 9.69 Å². The third-order valence-corrected chi connectivity index (χ3v) is 8.08. The summed E-state index contributed by atoms with van der Waals surface area (Å²) in [4.78, 5) is 28.5. The van der Waals surface area contributed by atoms with Gasteiger partial charge in [-0.1, -0.05) is 18.2 Å². The van der Waals surface area contributed by atoms with Crippen molar-refractivity contribution in [2.24, 2.45) is 5.92 Å². The maximum atomic E-state index is 15.3. The first-order valence-corrected chi connectivity index (χ1v) is 13.1. The fourth-order valence-corrected chi connectivity index (χ4v) is 6.18. The number of halogens is 3.